The van der Waals surface area contributed by atoms with Crippen LogP contribution in [0.5, 0.6) is 17.2 Å². The summed E-state index contributed by atoms with van der Waals surface area (Å²) in [6.07, 6.45) is 10.7. The average Bonchev–Trinajstić information content (AvgIpc) is 3.48. The number of hydrogen-bond acceptors (Lipinski definition) is 10. The molecule has 4 aliphatic heterocycles. The molecular formula is C39H49FN8O4. The molecule has 3 aromatic rings. The molecule has 2 aromatic heterocycles. The number of rotatable bonds is 12. The first-order valence-electron chi connectivity index (χ1n) is 18.8. The van der Waals surface area contributed by atoms with Gasteiger partial charge in [-0.1, -0.05) is 0 Å². The molecule has 1 N–H and O–H groups in total. The number of amides is 2. The molecule has 1 aromatic carbocycles. The van der Waals surface area contributed by atoms with Crippen molar-refractivity contribution < 1.29 is 23.5 Å². The predicted molar refractivity (Wildman–Crippen MR) is 193 cm³/mol. The Morgan fingerprint density at radius 1 is 1.06 bits per heavy atom. The lowest BCUT2D eigenvalue weighted by molar-refractivity contribution is -0.120. The number of hydrogen-bond donors (Lipinski definition) is 1. The molecule has 276 valence electrons. The van der Waals surface area contributed by atoms with Crippen LogP contribution in [-0.2, 0) is 17.8 Å². The Morgan fingerprint density at radius 2 is 1.87 bits per heavy atom. The minimum atomic E-state index is -0.496. The molecule has 0 unspecified atom stereocenters. The standard InChI is InChI=1S/C39H49FN8O4/c1-4-48(26(2)3)37(50)29-16-27(40)6-7-32(29)52-34-19-41-25-43-36(34)47-21-38(22-47)17-28(18-38)51-33-9-12-42-31-10-15-45(20-30(31)33)13-5-14-46-23-39(24-46)11-8-35(49)44-39/h6-7,9,12,16,19,25-26,28H,4-5,8,10-11,13-15,17-18,20-24H2,1-3H3,(H,44,49). The smallest absolute Gasteiger partial charge is 0.257 e. The second-order valence-corrected chi connectivity index (χ2v) is 15.8. The van der Waals surface area contributed by atoms with E-state index in [0.29, 0.717) is 24.5 Å². The van der Waals surface area contributed by atoms with Crippen LogP contribution in [0, 0.1) is 11.2 Å². The quantitative estimate of drug-likeness (QED) is 0.289. The van der Waals surface area contributed by atoms with E-state index in [2.05, 4.69) is 30.0 Å². The van der Waals surface area contributed by atoms with Crippen molar-refractivity contribution in [1.29, 1.82) is 0 Å². The fourth-order valence-corrected chi connectivity index (χ4v) is 9.00. The van der Waals surface area contributed by atoms with E-state index in [9.17, 15) is 14.0 Å². The van der Waals surface area contributed by atoms with Gasteiger partial charge in [0.05, 0.1) is 17.3 Å². The summed E-state index contributed by atoms with van der Waals surface area (Å²) in [5, 5.41) is 3.18. The van der Waals surface area contributed by atoms with Crippen molar-refractivity contribution in [3.05, 3.63) is 65.6 Å². The number of fused-ring (bicyclic) bond motifs is 1. The zero-order valence-corrected chi connectivity index (χ0v) is 30.4. The van der Waals surface area contributed by atoms with Crippen molar-refractivity contribution in [2.24, 2.45) is 5.41 Å². The first-order valence-corrected chi connectivity index (χ1v) is 18.8. The molecule has 4 fully saturated rings. The first-order chi connectivity index (χ1) is 25.1. The highest BCUT2D eigenvalue weighted by molar-refractivity contribution is 5.97. The lowest BCUT2D eigenvalue weighted by Gasteiger charge is -2.59. The van der Waals surface area contributed by atoms with Crippen molar-refractivity contribution >= 4 is 17.6 Å². The summed E-state index contributed by atoms with van der Waals surface area (Å²) >= 11 is 0. The molecule has 0 bridgehead atoms. The van der Waals surface area contributed by atoms with Gasteiger partial charge in [-0.25, -0.2) is 14.4 Å². The Hall–Kier alpha value is -4.36. The summed E-state index contributed by atoms with van der Waals surface area (Å²) in [5.74, 6) is 1.75. The molecule has 3 saturated heterocycles. The Morgan fingerprint density at radius 3 is 2.62 bits per heavy atom. The number of nitrogens with one attached hydrogen (secondary N) is 1. The second-order valence-electron chi connectivity index (χ2n) is 15.8. The number of ether oxygens (including phenoxy) is 2. The molecule has 1 saturated carbocycles. The fraction of sp³-hybridized carbons (Fsp3) is 0.564. The van der Waals surface area contributed by atoms with Gasteiger partial charge in [-0.2, -0.15) is 0 Å². The third-order valence-corrected chi connectivity index (χ3v) is 11.6. The molecule has 6 heterocycles. The topological polar surface area (TPSA) is 116 Å². The third-order valence-electron chi connectivity index (χ3n) is 11.6. The summed E-state index contributed by atoms with van der Waals surface area (Å²) in [7, 11) is 0. The van der Waals surface area contributed by atoms with Gasteiger partial charge < -0.3 is 24.6 Å². The van der Waals surface area contributed by atoms with Crippen LogP contribution in [0.1, 0.15) is 74.5 Å². The summed E-state index contributed by atoms with van der Waals surface area (Å²) < 4.78 is 27.2. The lowest BCUT2D eigenvalue weighted by atomic mass is 9.61. The van der Waals surface area contributed by atoms with Crippen LogP contribution >= 0.6 is 0 Å². The average molecular weight is 713 g/mol. The van der Waals surface area contributed by atoms with Crippen molar-refractivity contribution in [1.82, 2.24) is 35.0 Å². The molecule has 2 amide bonds. The molecule has 13 heteroatoms. The van der Waals surface area contributed by atoms with E-state index in [4.69, 9.17) is 14.5 Å². The summed E-state index contributed by atoms with van der Waals surface area (Å²) in [6.45, 7) is 13.8. The Kier molecular flexibility index (Phi) is 9.27. The number of likely N-dealkylation sites (tertiary alicyclic amines) is 1. The fourth-order valence-electron chi connectivity index (χ4n) is 9.00. The number of benzene rings is 1. The van der Waals surface area contributed by atoms with Gasteiger partial charge in [0.2, 0.25) is 5.91 Å². The highest BCUT2D eigenvalue weighted by atomic mass is 19.1. The van der Waals surface area contributed by atoms with Gasteiger partial charge in [0.15, 0.2) is 11.6 Å². The number of halogens is 1. The SMILES string of the molecule is CCN(C(=O)c1cc(F)ccc1Oc1cncnc1N1CC2(CC(Oc3ccnc4c3CN(CCCN3CC5(CCC(=O)N5)C3)CC4)C2)C1)C(C)C. The van der Waals surface area contributed by atoms with Gasteiger partial charge in [0.1, 0.15) is 29.7 Å². The van der Waals surface area contributed by atoms with Crippen LogP contribution < -0.4 is 19.7 Å². The molecule has 0 radical (unpaired) electrons. The number of nitrogens with zero attached hydrogens (tertiary/aromatic N) is 7. The van der Waals surface area contributed by atoms with Gasteiger partial charge >= 0.3 is 0 Å². The maximum Gasteiger partial charge on any atom is 0.257 e. The lowest BCUT2D eigenvalue weighted by Crippen LogP contribution is -2.67. The van der Waals surface area contributed by atoms with E-state index < -0.39 is 5.82 Å². The van der Waals surface area contributed by atoms with Crippen molar-refractivity contribution in [3.8, 4) is 17.2 Å². The monoisotopic (exact) mass is 712 g/mol. The molecule has 2 spiro atoms. The van der Waals surface area contributed by atoms with Crippen LogP contribution in [0.2, 0.25) is 0 Å². The van der Waals surface area contributed by atoms with Gasteiger partial charge in [0.25, 0.3) is 5.91 Å². The van der Waals surface area contributed by atoms with Gasteiger partial charge in [-0.3, -0.25) is 24.4 Å². The van der Waals surface area contributed by atoms with Gasteiger partial charge in [-0.15, -0.1) is 0 Å². The Labute approximate surface area is 304 Å². The normalized spacial score (nSPS) is 20.6. The van der Waals surface area contributed by atoms with Crippen molar-refractivity contribution in [2.45, 2.75) is 83.5 Å². The summed E-state index contributed by atoms with van der Waals surface area (Å²) in [5.41, 5.74) is 2.74. The van der Waals surface area contributed by atoms with E-state index >= 15 is 0 Å². The Bertz CT molecular complexity index is 1820. The maximum absolute atomic E-state index is 14.3. The molecule has 1 aliphatic carbocycles. The molecule has 8 rings (SSSR count). The van der Waals surface area contributed by atoms with E-state index in [1.165, 1.54) is 30.1 Å². The van der Waals surface area contributed by atoms with Crippen LogP contribution in [0.25, 0.3) is 0 Å². The highest BCUT2D eigenvalue weighted by Gasteiger charge is 2.54. The number of anilines is 1. The predicted octanol–water partition coefficient (Wildman–Crippen LogP) is 4.43. The Balaban J connectivity index is 0.844. The zero-order chi connectivity index (χ0) is 36.0. The number of aromatic nitrogens is 3. The van der Waals surface area contributed by atoms with Crippen LogP contribution in [-0.4, -0.2) is 112 Å². The maximum atomic E-state index is 14.3. The summed E-state index contributed by atoms with van der Waals surface area (Å²) in [6, 6.07) is 6.01. The van der Waals surface area contributed by atoms with Crippen molar-refractivity contribution in [3.63, 3.8) is 0 Å². The number of pyridine rings is 1. The minimum absolute atomic E-state index is 0.0424. The van der Waals surface area contributed by atoms with E-state index in [-0.39, 0.29) is 46.2 Å². The van der Waals surface area contributed by atoms with Crippen LogP contribution in [0.3, 0.4) is 0 Å². The second kappa shape index (κ2) is 13.9. The minimum Gasteiger partial charge on any atom is -0.490 e. The molecule has 0 atom stereocenters. The van der Waals surface area contributed by atoms with Crippen molar-refractivity contribution in [2.75, 3.05) is 57.3 Å². The largest absolute Gasteiger partial charge is 0.490 e. The number of carbonyl (C=O) groups is 2. The highest BCUT2D eigenvalue weighted by Crippen LogP contribution is 2.52. The molecule has 52 heavy (non-hydrogen) atoms. The van der Waals surface area contributed by atoms with E-state index in [1.807, 2.05) is 33.0 Å². The summed E-state index contributed by atoms with van der Waals surface area (Å²) in [4.78, 5) is 47.3. The van der Waals surface area contributed by atoms with Crippen LogP contribution in [0.4, 0.5) is 10.2 Å². The van der Waals surface area contributed by atoms with Crippen LogP contribution in [0.15, 0.2) is 43.0 Å². The molecular weight excluding hydrogens is 663 g/mol. The van der Waals surface area contributed by atoms with E-state index in [1.54, 1.807) is 11.1 Å². The number of carbonyl (C=O) groups excluding carboxylic acids is 2. The van der Waals surface area contributed by atoms with Gasteiger partial charge in [-0.05, 0) is 83.8 Å². The third kappa shape index (κ3) is 6.80. The molecule has 5 aliphatic rings. The van der Waals surface area contributed by atoms with Gasteiger partial charge in [0, 0.05) is 87.6 Å². The first kappa shape index (κ1) is 34.7. The zero-order valence-electron chi connectivity index (χ0n) is 30.4. The van der Waals surface area contributed by atoms with E-state index in [0.717, 1.165) is 95.9 Å². The molecule has 12 nitrogen and oxygen atoms in total.